The molecule has 2 aliphatic carbocycles. The summed E-state index contributed by atoms with van der Waals surface area (Å²) in [6, 6.07) is 8.99. The third kappa shape index (κ3) is 2.79. The van der Waals surface area contributed by atoms with Gasteiger partial charge in [-0.25, -0.2) is 0 Å². The predicted molar refractivity (Wildman–Crippen MR) is 109 cm³/mol. The molecule has 0 N–H and O–H groups in total. The average Bonchev–Trinajstić information content (AvgIpc) is 2.70. The highest BCUT2D eigenvalue weighted by atomic mass is 16.5. The standard InChI is InChI=1S/C24H33NO3/c1-23(2)20-15-16-8-5-6-11-19(16)24(23,3)12-13-25(20)21(26)17-9-7-10-18(14-17)22(27)28-4/h5-6,8,11,17-18,20H,7,9-10,12-15H2,1-4H3/t17-,18+,20-,24+/m1/s1. The molecule has 28 heavy (non-hydrogen) atoms. The molecule has 0 unspecified atom stereocenters. The molecule has 0 radical (unpaired) electrons. The van der Waals surface area contributed by atoms with Crippen LogP contribution in [0, 0.1) is 17.3 Å². The van der Waals surface area contributed by atoms with E-state index in [9.17, 15) is 9.59 Å². The van der Waals surface area contributed by atoms with Crippen LogP contribution in [-0.4, -0.2) is 36.5 Å². The summed E-state index contributed by atoms with van der Waals surface area (Å²) >= 11 is 0. The number of ether oxygens (including phenoxy) is 1. The van der Waals surface area contributed by atoms with Crippen LogP contribution in [0.3, 0.4) is 0 Å². The van der Waals surface area contributed by atoms with Gasteiger partial charge in [-0.2, -0.15) is 0 Å². The molecule has 0 spiro atoms. The normalized spacial score (nSPS) is 33.7. The van der Waals surface area contributed by atoms with Gasteiger partial charge in [0.1, 0.15) is 0 Å². The Morgan fingerprint density at radius 2 is 1.82 bits per heavy atom. The van der Waals surface area contributed by atoms with E-state index >= 15 is 0 Å². The Kier molecular flexibility index (Phi) is 4.79. The van der Waals surface area contributed by atoms with Crippen LogP contribution in [0.1, 0.15) is 64.0 Å². The summed E-state index contributed by atoms with van der Waals surface area (Å²) in [5.41, 5.74) is 2.96. The lowest BCUT2D eigenvalue weighted by atomic mass is 9.51. The van der Waals surface area contributed by atoms with Gasteiger partial charge in [0.15, 0.2) is 0 Å². The first-order valence-electron chi connectivity index (χ1n) is 10.8. The van der Waals surface area contributed by atoms with E-state index in [1.54, 1.807) is 0 Å². The largest absolute Gasteiger partial charge is 0.469 e. The number of esters is 1. The van der Waals surface area contributed by atoms with Crippen molar-refractivity contribution in [2.45, 2.75) is 70.8 Å². The Morgan fingerprint density at radius 3 is 2.57 bits per heavy atom. The van der Waals surface area contributed by atoms with E-state index in [0.29, 0.717) is 6.42 Å². The van der Waals surface area contributed by atoms with Gasteiger partial charge in [0.2, 0.25) is 5.91 Å². The predicted octanol–water partition coefficient (Wildman–Crippen LogP) is 4.11. The maximum absolute atomic E-state index is 13.6. The summed E-state index contributed by atoms with van der Waals surface area (Å²) in [6.45, 7) is 7.88. The molecule has 1 aliphatic heterocycles. The zero-order chi connectivity index (χ0) is 20.1. The summed E-state index contributed by atoms with van der Waals surface area (Å²) in [6.07, 6.45) is 5.23. The Labute approximate surface area is 168 Å². The molecule has 2 fully saturated rings. The third-order valence-electron chi connectivity index (χ3n) is 8.35. The highest BCUT2D eigenvalue weighted by Crippen LogP contribution is 2.56. The molecule has 3 aliphatic rings. The van der Waals surface area contributed by atoms with Crippen molar-refractivity contribution in [1.82, 2.24) is 4.90 Å². The van der Waals surface area contributed by atoms with Crippen molar-refractivity contribution in [3.05, 3.63) is 35.4 Å². The van der Waals surface area contributed by atoms with Crippen LogP contribution in [0.5, 0.6) is 0 Å². The monoisotopic (exact) mass is 383 g/mol. The van der Waals surface area contributed by atoms with Gasteiger partial charge in [-0.05, 0) is 48.6 Å². The minimum Gasteiger partial charge on any atom is -0.469 e. The van der Waals surface area contributed by atoms with Crippen LogP contribution in [0.4, 0.5) is 0 Å². The summed E-state index contributed by atoms with van der Waals surface area (Å²) < 4.78 is 4.95. The number of hydrogen-bond donors (Lipinski definition) is 0. The number of rotatable bonds is 2. The summed E-state index contributed by atoms with van der Waals surface area (Å²) in [5.74, 6) is -0.0678. The highest BCUT2D eigenvalue weighted by Gasteiger charge is 2.57. The molecule has 1 aromatic carbocycles. The van der Waals surface area contributed by atoms with Gasteiger partial charge in [0.05, 0.1) is 13.0 Å². The molecule has 1 saturated heterocycles. The minimum absolute atomic E-state index is 0.0195. The first-order valence-corrected chi connectivity index (χ1v) is 10.8. The Bertz CT molecular complexity index is 786. The number of nitrogens with zero attached hydrogens (tertiary/aromatic N) is 1. The van der Waals surface area contributed by atoms with Crippen LogP contribution < -0.4 is 0 Å². The first kappa shape index (κ1) is 19.5. The van der Waals surface area contributed by atoms with Gasteiger partial charge in [0.25, 0.3) is 0 Å². The summed E-state index contributed by atoms with van der Waals surface area (Å²) in [5, 5.41) is 0. The van der Waals surface area contributed by atoms with Crippen LogP contribution in [-0.2, 0) is 26.2 Å². The van der Waals surface area contributed by atoms with Crippen molar-refractivity contribution in [2.24, 2.45) is 17.3 Å². The quantitative estimate of drug-likeness (QED) is 0.722. The van der Waals surface area contributed by atoms with Crippen molar-refractivity contribution in [3.8, 4) is 0 Å². The van der Waals surface area contributed by atoms with Crippen molar-refractivity contribution in [1.29, 1.82) is 0 Å². The number of fused-ring (bicyclic) bond motifs is 4. The van der Waals surface area contributed by atoms with E-state index in [-0.39, 0.29) is 40.6 Å². The molecule has 1 amide bonds. The second-order valence-electron chi connectivity index (χ2n) is 9.80. The molecule has 4 nitrogen and oxygen atoms in total. The molecule has 4 heteroatoms. The van der Waals surface area contributed by atoms with Gasteiger partial charge in [-0.3, -0.25) is 9.59 Å². The minimum atomic E-state index is -0.157. The number of carbonyl (C=O) groups excluding carboxylic acids is 2. The van der Waals surface area contributed by atoms with Gasteiger partial charge >= 0.3 is 5.97 Å². The lowest BCUT2D eigenvalue weighted by Gasteiger charge is -2.61. The number of likely N-dealkylation sites (tertiary alicyclic amines) is 1. The summed E-state index contributed by atoms with van der Waals surface area (Å²) in [4.78, 5) is 27.8. The number of hydrogen-bond acceptors (Lipinski definition) is 3. The maximum Gasteiger partial charge on any atom is 0.308 e. The highest BCUT2D eigenvalue weighted by molar-refractivity contribution is 5.81. The molecule has 152 valence electrons. The Morgan fingerprint density at radius 1 is 1.11 bits per heavy atom. The molecule has 4 atom stereocenters. The number of piperidine rings is 1. The van der Waals surface area contributed by atoms with Gasteiger partial charge < -0.3 is 9.64 Å². The fourth-order valence-electron chi connectivity index (χ4n) is 6.16. The van der Waals surface area contributed by atoms with Gasteiger partial charge in [-0.1, -0.05) is 51.5 Å². The number of amides is 1. The smallest absolute Gasteiger partial charge is 0.308 e. The molecule has 0 aromatic heterocycles. The molecule has 1 aromatic rings. The number of carbonyl (C=O) groups is 2. The fourth-order valence-corrected chi connectivity index (χ4v) is 6.16. The van der Waals surface area contributed by atoms with Crippen molar-refractivity contribution in [3.63, 3.8) is 0 Å². The molecule has 1 heterocycles. The topological polar surface area (TPSA) is 46.6 Å². The van der Waals surface area contributed by atoms with E-state index < -0.39 is 0 Å². The Hall–Kier alpha value is -1.84. The van der Waals surface area contributed by atoms with Crippen molar-refractivity contribution in [2.75, 3.05) is 13.7 Å². The SMILES string of the molecule is COC(=O)[C@H]1CCC[C@@H](C(=O)N2CC[C@@]3(C)c4ccccc4C[C@@H]2C3(C)C)C1. The Balaban J connectivity index is 1.61. The van der Waals surface area contributed by atoms with Crippen LogP contribution in [0.15, 0.2) is 24.3 Å². The maximum atomic E-state index is 13.6. The van der Waals surface area contributed by atoms with E-state index in [1.807, 2.05) is 0 Å². The van der Waals surface area contributed by atoms with Crippen molar-refractivity contribution >= 4 is 11.9 Å². The zero-order valence-electron chi connectivity index (χ0n) is 17.7. The molecular formula is C24H33NO3. The number of methoxy groups -OCH3 is 1. The fraction of sp³-hybridized carbons (Fsp3) is 0.667. The second kappa shape index (κ2) is 6.89. The molecular weight excluding hydrogens is 350 g/mol. The average molecular weight is 384 g/mol. The third-order valence-corrected chi connectivity index (χ3v) is 8.35. The van der Waals surface area contributed by atoms with Gasteiger partial charge in [-0.15, -0.1) is 0 Å². The molecule has 2 bridgehead atoms. The van der Waals surface area contributed by atoms with Crippen molar-refractivity contribution < 1.29 is 14.3 Å². The summed E-state index contributed by atoms with van der Waals surface area (Å²) in [7, 11) is 1.45. The van der Waals surface area contributed by atoms with Crippen LogP contribution >= 0.6 is 0 Å². The van der Waals surface area contributed by atoms with Crippen LogP contribution in [0.2, 0.25) is 0 Å². The van der Waals surface area contributed by atoms with Crippen LogP contribution in [0.25, 0.3) is 0 Å². The van der Waals surface area contributed by atoms with E-state index in [2.05, 4.69) is 49.9 Å². The molecule has 4 rings (SSSR count). The van der Waals surface area contributed by atoms with Gasteiger partial charge in [0, 0.05) is 23.9 Å². The zero-order valence-corrected chi connectivity index (χ0v) is 17.7. The first-order chi connectivity index (χ1) is 13.3. The second-order valence-corrected chi connectivity index (χ2v) is 9.80. The lowest BCUT2D eigenvalue weighted by Crippen LogP contribution is -2.65. The van der Waals surface area contributed by atoms with E-state index in [0.717, 1.165) is 38.6 Å². The van der Waals surface area contributed by atoms with E-state index in [1.165, 1.54) is 18.2 Å². The lowest BCUT2D eigenvalue weighted by molar-refractivity contribution is -0.153. The van der Waals surface area contributed by atoms with E-state index in [4.69, 9.17) is 4.74 Å². The number of benzene rings is 1. The molecule has 1 saturated carbocycles.